The van der Waals surface area contributed by atoms with Crippen molar-refractivity contribution in [2.24, 2.45) is 0 Å². The van der Waals surface area contributed by atoms with Crippen LogP contribution in [0.3, 0.4) is 0 Å². The van der Waals surface area contributed by atoms with E-state index in [9.17, 15) is 4.79 Å². The smallest absolute Gasteiger partial charge is 0.220 e. The Morgan fingerprint density at radius 1 is 1.25 bits per heavy atom. The van der Waals surface area contributed by atoms with Crippen LogP contribution in [0.15, 0.2) is 24.3 Å². The van der Waals surface area contributed by atoms with Gasteiger partial charge < -0.3 is 5.32 Å². The predicted molar refractivity (Wildman–Crippen MR) is 85.0 cm³/mol. The van der Waals surface area contributed by atoms with Crippen molar-refractivity contribution in [1.82, 2.24) is 10.2 Å². The Morgan fingerprint density at radius 3 is 2.45 bits per heavy atom. The highest BCUT2D eigenvalue weighted by atomic mass is 35.5. The quantitative estimate of drug-likeness (QED) is 0.794. The van der Waals surface area contributed by atoms with Gasteiger partial charge in [-0.3, -0.25) is 9.69 Å². The molecule has 0 aromatic heterocycles. The highest BCUT2D eigenvalue weighted by molar-refractivity contribution is 6.31. The lowest BCUT2D eigenvalue weighted by Crippen LogP contribution is -2.38. The van der Waals surface area contributed by atoms with Gasteiger partial charge in [0.15, 0.2) is 0 Å². The summed E-state index contributed by atoms with van der Waals surface area (Å²) in [6.07, 6.45) is 1.45. The molecular formula is C16H25ClN2O. The number of hydrogen-bond donors (Lipinski definition) is 1. The molecule has 0 saturated heterocycles. The molecule has 0 saturated carbocycles. The van der Waals surface area contributed by atoms with E-state index in [4.69, 9.17) is 11.6 Å². The highest BCUT2D eigenvalue weighted by Gasteiger charge is 2.20. The standard InChI is InChI=1S/C16H25ClN2O/c1-4-9-16(20)18-12-15(19(5-2)6-3)13-10-7-8-11-14(13)17/h7-8,10-11,15H,4-6,9,12H2,1-3H3,(H,18,20)/t15-/m0/s1. The minimum absolute atomic E-state index is 0.108. The molecule has 20 heavy (non-hydrogen) atoms. The van der Waals surface area contributed by atoms with E-state index >= 15 is 0 Å². The van der Waals surface area contributed by atoms with Crippen molar-refractivity contribution in [1.29, 1.82) is 0 Å². The Bertz CT molecular complexity index is 419. The third kappa shape index (κ3) is 4.80. The first kappa shape index (κ1) is 17.0. The summed E-state index contributed by atoms with van der Waals surface area (Å²) in [6, 6.07) is 7.99. The summed E-state index contributed by atoms with van der Waals surface area (Å²) in [4.78, 5) is 14.0. The molecule has 3 nitrogen and oxygen atoms in total. The molecular weight excluding hydrogens is 272 g/mol. The summed E-state index contributed by atoms with van der Waals surface area (Å²) < 4.78 is 0. The number of rotatable bonds is 8. The van der Waals surface area contributed by atoms with E-state index < -0.39 is 0 Å². The molecule has 1 amide bonds. The first-order valence-electron chi connectivity index (χ1n) is 7.39. The summed E-state index contributed by atoms with van der Waals surface area (Å²) >= 11 is 6.31. The zero-order valence-electron chi connectivity index (χ0n) is 12.7. The van der Waals surface area contributed by atoms with Crippen molar-refractivity contribution >= 4 is 17.5 Å². The van der Waals surface area contributed by atoms with Gasteiger partial charge >= 0.3 is 0 Å². The van der Waals surface area contributed by atoms with Gasteiger partial charge in [-0.15, -0.1) is 0 Å². The van der Waals surface area contributed by atoms with Gasteiger partial charge in [-0.05, 0) is 31.1 Å². The molecule has 0 radical (unpaired) electrons. The molecule has 1 aromatic carbocycles. The molecule has 0 bridgehead atoms. The summed E-state index contributed by atoms with van der Waals surface area (Å²) in [5.41, 5.74) is 1.08. The first-order chi connectivity index (χ1) is 9.63. The van der Waals surface area contributed by atoms with Gasteiger partial charge in [-0.25, -0.2) is 0 Å². The molecule has 1 aromatic rings. The largest absolute Gasteiger partial charge is 0.354 e. The lowest BCUT2D eigenvalue weighted by molar-refractivity contribution is -0.121. The Balaban J connectivity index is 2.86. The van der Waals surface area contributed by atoms with Crippen molar-refractivity contribution in [2.45, 2.75) is 39.7 Å². The van der Waals surface area contributed by atoms with E-state index in [0.717, 1.165) is 30.1 Å². The number of halogens is 1. The minimum atomic E-state index is 0.108. The predicted octanol–water partition coefficient (Wildman–Crippen LogP) is 3.64. The fraction of sp³-hybridized carbons (Fsp3) is 0.562. The Hall–Kier alpha value is -1.06. The maximum atomic E-state index is 11.7. The average Bonchev–Trinajstić information content (AvgIpc) is 2.45. The molecule has 1 N–H and O–H groups in total. The number of carbonyl (C=O) groups is 1. The second-order valence-corrected chi connectivity index (χ2v) is 5.22. The van der Waals surface area contributed by atoms with Gasteiger partial charge in [-0.1, -0.05) is 50.6 Å². The summed E-state index contributed by atoms with van der Waals surface area (Å²) in [5, 5.41) is 3.78. The van der Waals surface area contributed by atoms with E-state index in [0.29, 0.717) is 13.0 Å². The van der Waals surface area contributed by atoms with Crippen LogP contribution in [0.5, 0.6) is 0 Å². The van der Waals surface area contributed by atoms with Gasteiger partial charge in [0.2, 0.25) is 5.91 Å². The third-order valence-electron chi connectivity index (χ3n) is 3.49. The van der Waals surface area contributed by atoms with Crippen LogP contribution in [0.4, 0.5) is 0 Å². The second kappa shape index (κ2) is 8.98. The lowest BCUT2D eigenvalue weighted by Gasteiger charge is -2.30. The van der Waals surface area contributed by atoms with E-state index in [1.54, 1.807) is 0 Å². The van der Waals surface area contributed by atoms with E-state index in [1.807, 2.05) is 31.2 Å². The zero-order valence-corrected chi connectivity index (χ0v) is 13.4. The van der Waals surface area contributed by atoms with Crippen LogP contribution < -0.4 is 5.32 Å². The number of nitrogens with zero attached hydrogens (tertiary/aromatic N) is 1. The first-order valence-corrected chi connectivity index (χ1v) is 7.76. The Kier molecular flexibility index (Phi) is 7.63. The SMILES string of the molecule is CCCC(=O)NC[C@@H](c1ccccc1Cl)N(CC)CC. The Labute approximate surface area is 127 Å². The van der Waals surface area contributed by atoms with Crippen molar-refractivity contribution in [3.63, 3.8) is 0 Å². The average molecular weight is 297 g/mol. The van der Waals surface area contributed by atoms with Crippen LogP contribution in [-0.2, 0) is 4.79 Å². The number of carbonyl (C=O) groups excluding carboxylic acids is 1. The van der Waals surface area contributed by atoms with Gasteiger partial charge in [0.05, 0.1) is 6.04 Å². The molecule has 0 aliphatic rings. The van der Waals surface area contributed by atoms with Gasteiger partial charge in [0, 0.05) is 18.0 Å². The molecule has 0 aliphatic heterocycles. The molecule has 1 atom stereocenters. The maximum absolute atomic E-state index is 11.7. The van der Waals surface area contributed by atoms with E-state index in [2.05, 4.69) is 24.1 Å². The number of nitrogens with one attached hydrogen (secondary N) is 1. The molecule has 0 heterocycles. The van der Waals surface area contributed by atoms with E-state index in [1.165, 1.54) is 0 Å². The molecule has 0 fully saturated rings. The lowest BCUT2D eigenvalue weighted by atomic mass is 10.0. The molecule has 0 unspecified atom stereocenters. The van der Waals surface area contributed by atoms with Crippen LogP contribution in [0.2, 0.25) is 5.02 Å². The molecule has 4 heteroatoms. The minimum Gasteiger partial charge on any atom is -0.354 e. The monoisotopic (exact) mass is 296 g/mol. The summed E-state index contributed by atoms with van der Waals surface area (Å²) in [6.45, 7) is 8.72. The third-order valence-corrected chi connectivity index (χ3v) is 3.83. The molecule has 112 valence electrons. The van der Waals surface area contributed by atoms with Crippen LogP contribution in [0.25, 0.3) is 0 Å². The van der Waals surface area contributed by atoms with Crippen molar-refractivity contribution in [2.75, 3.05) is 19.6 Å². The summed E-state index contributed by atoms with van der Waals surface area (Å²) in [7, 11) is 0. The number of benzene rings is 1. The highest BCUT2D eigenvalue weighted by Crippen LogP contribution is 2.26. The van der Waals surface area contributed by atoms with Crippen molar-refractivity contribution in [3.05, 3.63) is 34.9 Å². The fourth-order valence-corrected chi connectivity index (χ4v) is 2.63. The second-order valence-electron chi connectivity index (χ2n) is 4.81. The topological polar surface area (TPSA) is 32.3 Å². The maximum Gasteiger partial charge on any atom is 0.220 e. The van der Waals surface area contributed by atoms with Gasteiger partial charge in [0.1, 0.15) is 0 Å². The van der Waals surface area contributed by atoms with E-state index in [-0.39, 0.29) is 11.9 Å². The van der Waals surface area contributed by atoms with Gasteiger partial charge in [-0.2, -0.15) is 0 Å². The number of likely N-dealkylation sites (N-methyl/N-ethyl adjacent to an activating group) is 1. The number of amides is 1. The zero-order chi connectivity index (χ0) is 15.0. The van der Waals surface area contributed by atoms with Crippen LogP contribution in [-0.4, -0.2) is 30.4 Å². The summed E-state index contributed by atoms with van der Waals surface area (Å²) in [5.74, 6) is 0.108. The van der Waals surface area contributed by atoms with Crippen molar-refractivity contribution < 1.29 is 4.79 Å². The van der Waals surface area contributed by atoms with Crippen molar-refractivity contribution in [3.8, 4) is 0 Å². The molecule has 0 spiro atoms. The fourth-order valence-electron chi connectivity index (χ4n) is 2.37. The normalized spacial score (nSPS) is 12.4. The number of hydrogen-bond acceptors (Lipinski definition) is 2. The molecule has 1 rings (SSSR count). The van der Waals surface area contributed by atoms with Crippen LogP contribution in [0, 0.1) is 0 Å². The van der Waals surface area contributed by atoms with Crippen LogP contribution >= 0.6 is 11.6 Å². The van der Waals surface area contributed by atoms with Crippen LogP contribution in [0.1, 0.15) is 45.2 Å². The Morgan fingerprint density at radius 2 is 1.90 bits per heavy atom. The van der Waals surface area contributed by atoms with Gasteiger partial charge in [0.25, 0.3) is 0 Å². The molecule has 0 aliphatic carbocycles.